The van der Waals surface area contributed by atoms with Crippen LogP contribution in [-0.2, 0) is 6.42 Å². The largest absolute Gasteiger partial charge is 0.265 e. The molecule has 66 valence electrons. The lowest BCUT2D eigenvalue weighted by atomic mass is 9.89. The average Bonchev–Trinajstić information content (AvgIpc) is 2.04. The maximum Gasteiger partial charge on any atom is 0.0275 e. The van der Waals surface area contributed by atoms with Crippen molar-refractivity contribution in [2.45, 2.75) is 33.6 Å². The Morgan fingerprint density at radius 3 is 2.42 bits per heavy atom. The monoisotopic (exact) mass is 164 g/mol. The lowest BCUT2D eigenvalue weighted by Gasteiger charge is -2.17. The minimum atomic E-state index is -0.0464. The van der Waals surface area contributed by atoms with E-state index in [1.807, 2.05) is 12.1 Å². The maximum absolute atomic E-state index is 7.94. The number of aryl methyl sites for hydroxylation is 1. The van der Waals surface area contributed by atoms with Crippen LogP contribution in [0.15, 0.2) is 24.5 Å². The normalized spacial score (nSPS) is 15.4. The Balaban J connectivity index is 2.61. The number of nitrogens with zero attached hydrogens (tertiary/aromatic N) is 1. The molecule has 1 rings (SSSR count). The molecule has 0 bridgehead atoms. The van der Waals surface area contributed by atoms with Gasteiger partial charge in [0.1, 0.15) is 0 Å². The summed E-state index contributed by atoms with van der Waals surface area (Å²) >= 11 is 0. The van der Waals surface area contributed by atoms with Crippen LogP contribution in [0, 0.1) is 5.41 Å². The molecule has 0 aromatic carbocycles. The van der Waals surface area contributed by atoms with Crippen LogP contribution in [0.4, 0.5) is 0 Å². The first-order valence-corrected chi connectivity index (χ1v) is 4.31. The molecular formula is C11H17N. The van der Waals surface area contributed by atoms with E-state index in [0.29, 0.717) is 0 Å². The molecule has 1 nitrogen and oxygen atoms in total. The van der Waals surface area contributed by atoms with Gasteiger partial charge in [-0.2, -0.15) is 0 Å². The third-order valence-corrected chi connectivity index (χ3v) is 1.70. The Kier molecular flexibility index (Phi) is 2.40. The molecular weight excluding hydrogens is 146 g/mol. The highest BCUT2D eigenvalue weighted by molar-refractivity contribution is 5.09. The molecule has 0 aliphatic heterocycles. The van der Waals surface area contributed by atoms with Crippen molar-refractivity contribution < 1.29 is 1.37 Å². The second-order valence-electron chi connectivity index (χ2n) is 4.13. The van der Waals surface area contributed by atoms with E-state index in [1.54, 1.807) is 12.4 Å². The highest BCUT2D eigenvalue weighted by atomic mass is 14.6. The minimum Gasteiger partial charge on any atom is -0.265 e. The van der Waals surface area contributed by atoms with Crippen molar-refractivity contribution in [1.29, 1.82) is 0 Å². The molecule has 1 aromatic rings. The van der Waals surface area contributed by atoms with E-state index in [1.165, 1.54) is 5.56 Å². The lowest BCUT2D eigenvalue weighted by molar-refractivity contribution is 0.378. The molecule has 1 aromatic heterocycles. The maximum atomic E-state index is 7.94. The van der Waals surface area contributed by atoms with Gasteiger partial charge in [0.2, 0.25) is 0 Å². The number of rotatable bonds is 2. The topological polar surface area (TPSA) is 12.9 Å². The number of aromatic nitrogens is 1. The summed E-state index contributed by atoms with van der Waals surface area (Å²) in [7, 11) is 0. The van der Waals surface area contributed by atoms with Crippen LogP contribution in [0.1, 0.15) is 34.1 Å². The van der Waals surface area contributed by atoms with Gasteiger partial charge >= 0.3 is 0 Å². The van der Waals surface area contributed by atoms with Crippen LogP contribution in [0.3, 0.4) is 0 Å². The first kappa shape index (κ1) is 7.78. The van der Waals surface area contributed by atoms with Crippen LogP contribution in [0.25, 0.3) is 0 Å². The van der Waals surface area contributed by atoms with E-state index >= 15 is 0 Å². The number of hydrogen-bond donors (Lipinski definition) is 0. The van der Waals surface area contributed by atoms with E-state index in [9.17, 15) is 0 Å². The number of hydrogen-bond acceptors (Lipinski definition) is 1. The third kappa shape index (κ3) is 3.51. The van der Waals surface area contributed by atoms with Gasteiger partial charge in [0.05, 0.1) is 0 Å². The summed E-state index contributed by atoms with van der Waals surface area (Å²) in [5, 5.41) is 0. The molecule has 0 fully saturated rings. The van der Waals surface area contributed by atoms with Crippen molar-refractivity contribution in [1.82, 2.24) is 4.98 Å². The molecule has 0 aliphatic rings. The van der Waals surface area contributed by atoms with E-state index in [-0.39, 0.29) is 11.8 Å². The summed E-state index contributed by atoms with van der Waals surface area (Å²) in [6, 6.07) is 3.96. The summed E-state index contributed by atoms with van der Waals surface area (Å²) in [5.74, 6) is 0. The Hall–Kier alpha value is -0.850. The second kappa shape index (κ2) is 3.70. The SMILES string of the molecule is [2H]C(Cc1ccncc1)C(C)(C)C. The van der Waals surface area contributed by atoms with Gasteiger partial charge in [-0.15, -0.1) is 0 Å². The predicted octanol–water partition coefficient (Wildman–Crippen LogP) is 3.06. The van der Waals surface area contributed by atoms with Crippen molar-refractivity contribution in [3.05, 3.63) is 30.1 Å². The van der Waals surface area contributed by atoms with E-state index in [2.05, 4.69) is 25.8 Å². The summed E-state index contributed by atoms with van der Waals surface area (Å²) in [5.41, 5.74) is 1.26. The zero-order chi connectivity index (χ0) is 9.90. The fourth-order valence-electron chi connectivity index (χ4n) is 0.943. The van der Waals surface area contributed by atoms with Gasteiger partial charge in [0, 0.05) is 13.8 Å². The quantitative estimate of drug-likeness (QED) is 0.654. The highest BCUT2D eigenvalue weighted by Gasteiger charge is 2.09. The Labute approximate surface area is 76.2 Å². The van der Waals surface area contributed by atoms with E-state index < -0.39 is 0 Å². The zero-order valence-electron chi connectivity index (χ0n) is 9.04. The highest BCUT2D eigenvalue weighted by Crippen LogP contribution is 2.20. The lowest BCUT2D eigenvalue weighted by Crippen LogP contribution is -2.06. The molecule has 0 N–H and O–H groups in total. The van der Waals surface area contributed by atoms with Crippen molar-refractivity contribution in [2.75, 3.05) is 0 Å². The third-order valence-electron chi connectivity index (χ3n) is 1.70. The van der Waals surface area contributed by atoms with Crippen LogP contribution in [-0.4, -0.2) is 4.98 Å². The van der Waals surface area contributed by atoms with Gasteiger partial charge in [-0.05, 0) is 35.9 Å². The molecule has 0 radical (unpaired) electrons. The van der Waals surface area contributed by atoms with Crippen LogP contribution < -0.4 is 0 Å². The van der Waals surface area contributed by atoms with Crippen LogP contribution in [0.2, 0.25) is 0 Å². The summed E-state index contributed by atoms with van der Waals surface area (Å²) in [4.78, 5) is 3.95. The van der Waals surface area contributed by atoms with Gasteiger partial charge in [0.25, 0.3) is 0 Å². The fraction of sp³-hybridized carbons (Fsp3) is 0.545. The zero-order valence-corrected chi connectivity index (χ0v) is 8.04. The molecule has 1 atom stereocenters. The van der Waals surface area contributed by atoms with Crippen molar-refractivity contribution in [3.8, 4) is 0 Å². The number of pyridine rings is 1. The molecule has 12 heavy (non-hydrogen) atoms. The molecule has 1 heteroatoms. The van der Waals surface area contributed by atoms with E-state index in [4.69, 9.17) is 1.37 Å². The second-order valence-corrected chi connectivity index (χ2v) is 4.13. The molecule has 0 spiro atoms. The summed E-state index contributed by atoms with van der Waals surface area (Å²) in [6.07, 6.45) is 4.33. The molecule has 1 unspecified atom stereocenters. The first-order chi connectivity index (χ1) is 6.00. The average molecular weight is 164 g/mol. The summed E-state index contributed by atoms with van der Waals surface area (Å²) in [6.45, 7) is 6.31. The Morgan fingerprint density at radius 1 is 1.33 bits per heavy atom. The Morgan fingerprint density at radius 2 is 1.92 bits per heavy atom. The van der Waals surface area contributed by atoms with Gasteiger partial charge < -0.3 is 0 Å². The molecule has 1 heterocycles. The minimum absolute atomic E-state index is 0.0464. The van der Waals surface area contributed by atoms with Crippen molar-refractivity contribution in [3.63, 3.8) is 0 Å². The van der Waals surface area contributed by atoms with Crippen LogP contribution >= 0.6 is 0 Å². The van der Waals surface area contributed by atoms with Crippen LogP contribution in [0.5, 0.6) is 0 Å². The van der Waals surface area contributed by atoms with Gasteiger partial charge in [-0.1, -0.05) is 20.8 Å². The van der Waals surface area contributed by atoms with Gasteiger partial charge in [-0.3, -0.25) is 4.98 Å². The van der Waals surface area contributed by atoms with E-state index in [0.717, 1.165) is 6.42 Å². The first-order valence-electron chi connectivity index (χ1n) is 4.89. The van der Waals surface area contributed by atoms with Gasteiger partial charge in [-0.25, -0.2) is 0 Å². The Bertz CT molecular complexity index is 251. The van der Waals surface area contributed by atoms with Crippen molar-refractivity contribution >= 4 is 0 Å². The molecule has 0 aliphatic carbocycles. The van der Waals surface area contributed by atoms with Crippen molar-refractivity contribution in [2.24, 2.45) is 5.41 Å². The predicted molar refractivity (Wildman–Crippen MR) is 52.0 cm³/mol. The van der Waals surface area contributed by atoms with Gasteiger partial charge in [0.15, 0.2) is 0 Å². The smallest absolute Gasteiger partial charge is 0.0275 e. The fourth-order valence-corrected chi connectivity index (χ4v) is 0.943. The molecule has 0 saturated carbocycles. The molecule has 0 amide bonds. The summed E-state index contributed by atoms with van der Waals surface area (Å²) < 4.78 is 7.94. The standard InChI is InChI=1S/C11H17N/c1-11(2,3)7-4-10-5-8-12-9-6-10/h5-6,8-9H,4,7H2,1-3H3/i7D. The molecule has 0 saturated heterocycles.